The third kappa shape index (κ3) is 2.03. The average molecular weight is 298 g/mol. The normalized spacial score (nSPS) is 34.6. The molecule has 2 heterocycles. The summed E-state index contributed by atoms with van der Waals surface area (Å²) in [6, 6.07) is 1.95. The van der Waals surface area contributed by atoms with E-state index in [4.69, 9.17) is 4.74 Å². The summed E-state index contributed by atoms with van der Waals surface area (Å²) in [5, 5.41) is 3.30. The molecule has 0 aromatic carbocycles. The summed E-state index contributed by atoms with van der Waals surface area (Å²) in [5.74, 6) is 0.875. The molecule has 0 spiro atoms. The van der Waals surface area contributed by atoms with Gasteiger partial charge in [0, 0.05) is 17.7 Å². The average Bonchev–Trinajstić information content (AvgIpc) is 2.27. The van der Waals surface area contributed by atoms with Gasteiger partial charge < -0.3 is 10.1 Å². The summed E-state index contributed by atoms with van der Waals surface area (Å²) < 4.78 is 43.4. The molecule has 0 radical (unpaired) electrons. The highest BCUT2D eigenvalue weighted by Crippen LogP contribution is 2.76. The van der Waals surface area contributed by atoms with E-state index in [1.807, 2.05) is 0 Å². The molecule has 114 valence electrons. The van der Waals surface area contributed by atoms with Crippen molar-refractivity contribution in [2.45, 2.75) is 25.4 Å². The minimum Gasteiger partial charge on any atom is -0.477 e. The number of ether oxygens (including phenoxy) is 1. The zero-order chi connectivity index (χ0) is 14.7. The monoisotopic (exact) mass is 298 g/mol. The Bertz CT molecular complexity index is 549. The summed E-state index contributed by atoms with van der Waals surface area (Å²) in [6.07, 6.45) is 0.280. The van der Waals surface area contributed by atoms with Crippen LogP contribution in [0.3, 0.4) is 0 Å². The predicted molar refractivity (Wildman–Crippen MR) is 69.8 cm³/mol. The lowest BCUT2D eigenvalue weighted by Crippen LogP contribution is -2.71. The van der Waals surface area contributed by atoms with Gasteiger partial charge in [-0.05, 0) is 49.8 Å². The summed E-state index contributed by atoms with van der Waals surface area (Å²) in [7, 11) is 0. The van der Waals surface area contributed by atoms with Crippen LogP contribution in [0, 0.1) is 16.7 Å². The molecule has 1 aromatic rings. The first-order chi connectivity index (χ1) is 9.91. The maximum absolute atomic E-state index is 12.6. The number of alkyl halides is 3. The molecule has 0 atom stereocenters. The highest BCUT2D eigenvalue weighted by atomic mass is 19.4. The smallest absolute Gasteiger partial charge is 0.416 e. The van der Waals surface area contributed by atoms with Crippen molar-refractivity contribution in [2.24, 2.45) is 16.7 Å². The fourth-order valence-corrected chi connectivity index (χ4v) is 4.28. The minimum absolute atomic E-state index is 0.0777. The van der Waals surface area contributed by atoms with Gasteiger partial charge in [-0.1, -0.05) is 0 Å². The molecule has 3 aliphatic carbocycles. The molecule has 2 bridgehead atoms. The van der Waals surface area contributed by atoms with Gasteiger partial charge in [-0.25, -0.2) is 4.98 Å². The molecule has 0 amide bonds. The highest BCUT2D eigenvalue weighted by Gasteiger charge is 2.70. The van der Waals surface area contributed by atoms with Crippen molar-refractivity contribution in [1.29, 1.82) is 0 Å². The molecule has 5 rings (SSSR count). The van der Waals surface area contributed by atoms with Gasteiger partial charge in [0.2, 0.25) is 5.88 Å². The molecule has 1 aliphatic heterocycles. The first kappa shape index (κ1) is 13.4. The Labute approximate surface area is 120 Å². The fourth-order valence-electron chi connectivity index (χ4n) is 4.28. The molecule has 6 heteroatoms. The van der Waals surface area contributed by atoms with Crippen LogP contribution in [-0.2, 0) is 6.18 Å². The van der Waals surface area contributed by atoms with Crippen molar-refractivity contribution in [3.63, 3.8) is 0 Å². The van der Waals surface area contributed by atoms with Gasteiger partial charge in [-0.15, -0.1) is 0 Å². The van der Waals surface area contributed by atoms with Crippen molar-refractivity contribution >= 4 is 0 Å². The van der Waals surface area contributed by atoms with Gasteiger partial charge in [0.05, 0.1) is 12.2 Å². The van der Waals surface area contributed by atoms with Crippen molar-refractivity contribution in [2.75, 3.05) is 19.7 Å². The highest BCUT2D eigenvalue weighted by molar-refractivity contribution is 5.25. The van der Waals surface area contributed by atoms with E-state index >= 15 is 0 Å². The zero-order valence-electron chi connectivity index (χ0n) is 11.5. The van der Waals surface area contributed by atoms with E-state index in [1.165, 1.54) is 0 Å². The van der Waals surface area contributed by atoms with Gasteiger partial charge >= 0.3 is 6.18 Å². The van der Waals surface area contributed by atoms with Crippen LogP contribution in [0.15, 0.2) is 18.3 Å². The Morgan fingerprint density at radius 3 is 2.57 bits per heavy atom. The predicted octanol–water partition coefficient (Wildman–Crippen LogP) is 2.87. The van der Waals surface area contributed by atoms with Crippen LogP contribution in [0.25, 0.3) is 0 Å². The molecule has 1 aromatic heterocycles. The third-order valence-corrected chi connectivity index (χ3v) is 5.42. The zero-order valence-corrected chi connectivity index (χ0v) is 11.5. The van der Waals surface area contributed by atoms with Gasteiger partial charge in [0.25, 0.3) is 0 Å². The summed E-state index contributed by atoms with van der Waals surface area (Å²) in [5.41, 5.74) is 0.00330. The minimum atomic E-state index is -4.35. The topological polar surface area (TPSA) is 34.1 Å². The number of nitrogens with one attached hydrogen (secondary N) is 1. The largest absolute Gasteiger partial charge is 0.477 e. The lowest BCUT2D eigenvalue weighted by Gasteiger charge is -2.74. The summed E-state index contributed by atoms with van der Waals surface area (Å²) in [6.45, 7) is 2.72. The maximum Gasteiger partial charge on any atom is 0.416 e. The van der Waals surface area contributed by atoms with E-state index in [2.05, 4.69) is 10.3 Å². The van der Waals surface area contributed by atoms with Crippen LogP contribution in [0.2, 0.25) is 0 Å². The van der Waals surface area contributed by atoms with Crippen LogP contribution in [0.5, 0.6) is 5.88 Å². The molecular weight excluding hydrogens is 281 g/mol. The van der Waals surface area contributed by atoms with Gasteiger partial charge in [-0.2, -0.15) is 13.2 Å². The molecule has 4 aliphatic rings. The van der Waals surface area contributed by atoms with Crippen molar-refractivity contribution in [3.8, 4) is 5.88 Å². The second kappa shape index (κ2) is 4.12. The van der Waals surface area contributed by atoms with Crippen LogP contribution in [0.1, 0.15) is 24.8 Å². The Balaban J connectivity index is 1.35. The number of hydrogen-bond acceptors (Lipinski definition) is 3. The maximum atomic E-state index is 12.6. The standard InChI is InChI=1S/C15H17F3N2O/c16-15(17,18)10-1-2-20-12(3-10)21-9-13-6-14(7-13,8-13)11-4-19-5-11/h1-3,11,19H,4-9H2. The number of nitrogens with zero attached hydrogens (tertiary/aromatic N) is 1. The summed E-state index contributed by atoms with van der Waals surface area (Å²) >= 11 is 0. The van der Waals surface area contributed by atoms with Crippen molar-refractivity contribution < 1.29 is 17.9 Å². The Morgan fingerprint density at radius 1 is 1.29 bits per heavy atom. The molecule has 21 heavy (non-hydrogen) atoms. The number of rotatable bonds is 4. The van der Waals surface area contributed by atoms with E-state index in [1.54, 1.807) is 0 Å². The van der Waals surface area contributed by atoms with Crippen LogP contribution >= 0.6 is 0 Å². The first-order valence-electron chi connectivity index (χ1n) is 7.28. The molecule has 0 unspecified atom stereocenters. The summed E-state index contributed by atoms with van der Waals surface area (Å²) in [4.78, 5) is 3.88. The molecule has 1 saturated heterocycles. The van der Waals surface area contributed by atoms with Gasteiger partial charge in [0.15, 0.2) is 0 Å². The number of halogens is 3. The number of aromatic nitrogens is 1. The molecular formula is C15H17F3N2O. The van der Waals surface area contributed by atoms with Crippen LogP contribution in [0.4, 0.5) is 13.2 Å². The van der Waals surface area contributed by atoms with Gasteiger partial charge in [0.1, 0.15) is 0 Å². The second-order valence-corrected chi connectivity index (χ2v) is 6.92. The Hall–Kier alpha value is -1.30. The molecule has 3 saturated carbocycles. The third-order valence-electron chi connectivity index (χ3n) is 5.42. The quantitative estimate of drug-likeness (QED) is 0.928. The fraction of sp³-hybridized carbons (Fsp3) is 0.667. The van der Waals surface area contributed by atoms with E-state index in [0.29, 0.717) is 12.0 Å². The lowest BCUT2D eigenvalue weighted by atomic mass is 9.31. The Morgan fingerprint density at radius 2 is 2.00 bits per heavy atom. The second-order valence-electron chi connectivity index (χ2n) is 6.92. The van der Waals surface area contributed by atoms with Crippen molar-refractivity contribution in [1.82, 2.24) is 10.3 Å². The molecule has 3 nitrogen and oxygen atoms in total. The number of pyridine rings is 1. The van der Waals surface area contributed by atoms with Crippen molar-refractivity contribution in [3.05, 3.63) is 23.9 Å². The van der Waals surface area contributed by atoms with Crippen LogP contribution < -0.4 is 10.1 Å². The lowest BCUT2D eigenvalue weighted by molar-refractivity contribution is -0.255. The first-order valence-corrected chi connectivity index (χ1v) is 7.28. The van der Waals surface area contributed by atoms with Gasteiger partial charge in [-0.3, -0.25) is 0 Å². The number of hydrogen-bond donors (Lipinski definition) is 1. The SMILES string of the molecule is FC(F)(F)c1ccnc(OCC23CC(C4CNC4)(C2)C3)c1. The van der Waals surface area contributed by atoms with Crippen LogP contribution in [-0.4, -0.2) is 24.7 Å². The van der Waals surface area contributed by atoms with E-state index in [9.17, 15) is 13.2 Å². The molecule has 4 fully saturated rings. The molecule has 1 N–H and O–H groups in total. The van der Waals surface area contributed by atoms with E-state index in [-0.39, 0.29) is 11.3 Å². The Kier molecular flexibility index (Phi) is 2.62. The van der Waals surface area contributed by atoms with E-state index in [0.717, 1.165) is 56.6 Å². The van der Waals surface area contributed by atoms with E-state index < -0.39 is 11.7 Å².